The summed E-state index contributed by atoms with van der Waals surface area (Å²) in [5.41, 5.74) is 1.38. The van der Waals surface area contributed by atoms with E-state index in [0.29, 0.717) is 5.92 Å². The van der Waals surface area contributed by atoms with Crippen molar-refractivity contribution in [3.63, 3.8) is 0 Å². The van der Waals surface area contributed by atoms with Crippen LogP contribution < -0.4 is 0 Å². The van der Waals surface area contributed by atoms with Gasteiger partial charge in [0.1, 0.15) is 0 Å². The summed E-state index contributed by atoms with van der Waals surface area (Å²) in [6.45, 7) is 2.21. The van der Waals surface area contributed by atoms with Crippen molar-refractivity contribution >= 4 is 11.8 Å². The first kappa shape index (κ1) is 12.2. The molecule has 1 atom stereocenters. The number of terminal acetylenes is 1. The number of thioether (sulfide) groups is 1. The molecule has 0 nitrogen and oxygen atoms in total. The van der Waals surface area contributed by atoms with Gasteiger partial charge in [0.05, 0.1) is 0 Å². The number of benzene rings is 1. The monoisotopic (exact) mass is 218 g/mol. The molecule has 0 fully saturated rings. The maximum absolute atomic E-state index is 5.40. The molecule has 1 aromatic carbocycles. The van der Waals surface area contributed by atoms with Gasteiger partial charge >= 0.3 is 0 Å². The van der Waals surface area contributed by atoms with E-state index in [0.717, 1.165) is 6.42 Å². The zero-order valence-corrected chi connectivity index (χ0v) is 10.3. The summed E-state index contributed by atoms with van der Waals surface area (Å²) in [7, 11) is 0. The van der Waals surface area contributed by atoms with Crippen LogP contribution in [0.15, 0.2) is 29.2 Å². The van der Waals surface area contributed by atoms with E-state index in [9.17, 15) is 0 Å². The van der Waals surface area contributed by atoms with Crippen LogP contribution in [-0.2, 0) is 0 Å². The Morgan fingerprint density at radius 1 is 1.33 bits per heavy atom. The van der Waals surface area contributed by atoms with E-state index in [1.807, 2.05) is 0 Å². The zero-order chi connectivity index (χ0) is 11.1. The lowest BCUT2D eigenvalue weighted by atomic mass is 9.92. The first-order chi connectivity index (χ1) is 7.31. The summed E-state index contributed by atoms with van der Waals surface area (Å²) < 4.78 is 0. The van der Waals surface area contributed by atoms with E-state index in [2.05, 4.69) is 43.4 Å². The maximum atomic E-state index is 5.40. The van der Waals surface area contributed by atoms with Crippen molar-refractivity contribution < 1.29 is 0 Å². The van der Waals surface area contributed by atoms with E-state index >= 15 is 0 Å². The van der Waals surface area contributed by atoms with E-state index in [1.54, 1.807) is 11.8 Å². The van der Waals surface area contributed by atoms with Crippen LogP contribution in [0.1, 0.15) is 37.7 Å². The van der Waals surface area contributed by atoms with Crippen molar-refractivity contribution in [2.45, 2.75) is 37.0 Å². The molecule has 0 amide bonds. The maximum Gasteiger partial charge on any atom is 0.0155 e. The zero-order valence-electron chi connectivity index (χ0n) is 9.49. The summed E-state index contributed by atoms with van der Waals surface area (Å²) in [5.74, 6) is 3.31. The van der Waals surface area contributed by atoms with Gasteiger partial charge in [0.15, 0.2) is 0 Å². The SMILES string of the molecule is C#CCC(CCC)c1ccc(SC)cc1. The summed E-state index contributed by atoms with van der Waals surface area (Å²) in [5, 5.41) is 0. The predicted octanol–water partition coefficient (Wildman–Crippen LogP) is 4.32. The third kappa shape index (κ3) is 3.64. The van der Waals surface area contributed by atoms with Gasteiger partial charge in [0.25, 0.3) is 0 Å². The van der Waals surface area contributed by atoms with Crippen molar-refractivity contribution in [1.82, 2.24) is 0 Å². The van der Waals surface area contributed by atoms with E-state index in [1.165, 1.54) is 23.3 Å². The molecular weight excluding hydrogens is 200 g/mol. The lowest BCUT2D eigenvalue weighted by molar-refractivity contribution is 0.628. The quantitative estimate of drug-likeness (QED) is 0.524. The van der Waals surface area contributed by atoms with Gasteiger partial charge in [-0.25, -0.2) is 0 Å². The average Bonchev–Trinajstić information content (AvgIpc) is 2.29. The molecule has 80 valence electrons. The molecule has 1 heteroatoms. The van der Waals surface area contributed by atoms with Crippen molar-refractivity contribution in [3.8, 4) is 12.3 Å². The molecule has 0 saturated heterocycles. The van der Waals surface area contributed by atoms with Gasteiger partial charge in [0.2, 0.25) is 0 Å². The van der Waals surface area contributed by atoms with E-state index in [4.69, 9.17) is 6.42 Å². The van der Waals surface area contributed by atoms with Crippen molar-refractivity contribution in [2.75, 3.05) is 6.26 Å². The highest BCUT2D eigenvalue weighted by Gasteiger charge is 2.08. The molecule has 0 aliphatic carbocycles. The minimum atomic E-state index is 0.538. The fraction of sp³-hybridized carbons (Fsp3) is 0.429. The van der Waals surface area contributed by atoms with Gasteiger partial charge in [-0.3, -0.25) is 0 Å². The topological polar surface area (TPSA) is 0 Å². The Morgan fingerprint density at radius 3 is 2.47 bits per heavy atom. The van der Waals surface area contributed by atoms with E-state index in [-0.39, 0.29) is 0 Å². The fourth-order valence-corrected chi connectivity index (χ4v) is 2.16. The molecular formula is C14H18S. The molecule has 0 aliphatic rings. The molecule has 0 bridgehead atoms. The number of hydrogen-bond donors (Lipinski definition) is 0. The molecule has 0 heterocycles. The van der Waals surface area contributed by atoms with Crippen molar-refractivity contribution in [2.24, 2.45) is 0 Å². The first-order valence-electron chi connectivity index (χ1n) is 5.39. The second kappa shape index (κ2) is 6.58. The van der Waals surface area contributed by atoms with Crippen LogP contribution >= 0.6 is 11.8 Å². The largest absolute Gasteiger partial charge is 0.130 e. The first-order valence-corrected chi connectivity index (χ1v) is 6.61. The molecule has 0 radical (unpaired) electrons. The molecule has 0 aliphatic heterocycles. The van der Waals surface area contributed by atoms with Crippen molar-refractivity contribution in [1.29, 1.82) is 0 Å². The van der Waals surface area contributed by atoms with Crippen molar-refractivity contribution in [3.05, 3.63) is 29.8 Å². The third-order valence-electron chi connectivity index (χ3n) is 2.59. The Bertz CT molecular complexity index is 318. The predicted molar refractivity (Wildman–Crippen MR) is 69.3 cm³/mol. The third-order valence-corrected chi connectivity index (χ3v) is 3.33. The van der Waals surface area contributed by atoms with Crippen LogP contribution in [-0.4, -0.2) is 6.26 Å². The standard InChI is InChI=1S/C14H18S/c1-4-6-12(7-5-2)13-8-10-14(15-3)11-9-13/h1,8-12H,5-7H2,2-3H3. The van der Waals surface area contributed by atoms with Crippen LogP contribution in [0.3, 0.4) is 0 Å². The molecule has 0 spiro atoms. The Morgan fingerprint density at radius 2 is 2.00 bits per heavy atom. The molecule has 1 unspecified atom stereocenters. The Hall–Kier alpha value is -0.870. The van der Waals surface area contributed by atoms with Gasteiger partial charge in [-0.2, -0.15) is 0 Å². The minimum absolute atomic E-state index is 0.538. The average molecular weight is 218 g/mol. The highest BCUT2D eigenvalue weighted by molar-refractivity contribution is 7.98. The molecule has 0 N–H and O–H groups in total. The number of rotatable bonds is 5. The second-order valence-electron chi connectivity index (χ2n) is 3.67. The Labute approximate surface area is 97.5 Å². The summed E-state index contributed by atoms with van der Waals surface area (Å²) >= 11 is 1.78. The summed E-state index contributed by atoms with van der Waals surface area (Å²) in [4.78, 5) is 1.31. The van der Waals surface area contributed by atoms with Crippen LogP contribution in [0.4, 0.5) is 0 Å². The molecule has 15 heavy (non-hydrogen) atoms. The lowest BCUT2D eigenvalue weighted by Gasteiger charge is -2.13. The highest BCUT2D eigenvalue weighted by atomic mass is 32.2. The Balaban J connectivity index is 2.77. The van der Waals surface area contributed by atoms with Crippen LogP contribution in [0.5, 0.6) is 0 Å². The molecule has 1 rings (SSSR count). The van der Waals surface area contributed by atoms with E-state index < -0.39 is 0 Å². The van der Waals surface area contributed by atoms with Gasteiger partial charge < -0.3 is 0 Å². The normalized spacial score (nSPS) is 12.1. The molecule has 0 aromatic heterocycles. The van der Waals surface area contributed by atoms with Crippen LogP contribution in [0.2, 0.25) is 0 Å². The second-order valence-corrected chi connectivity index (χ2v) is 4.55. The summed E-state index contributed by atoms with van der Waals surface area (Å²) in [6, 6.07) is 8.78. The fourth-order valence-electron chi connectivity index (χ4n) is 1.75. The minimum Gasteiger partial charge on any atom is -0.130 e. The number of hydrogen-bond acceptors (Lipinski definition) is 1. The van der Waals surface area contributed by atoms with Gasteiger partial charge in [-0.1, -0.05) is 25.5 Å². The smallest absolute Gasteiger partial charge is 0.0155 e. The summed E-state index contributed by atoms with van der Waals surface area (Å²) in [6.07, 6.45) is 10.7. The van der Waals surface area contributed by atoms with Gasteiger partial charge in [-0.05, 0) is 36.3 Å². The molecule has 1 aromatic rings. The Kier molecular flexibility index (Phi) is 5.36. The highest BCUT2D eigenvalue weighted by Crippen LogP contribution is 2.26. The lowest BCUT2D eigenvalue weighted by Crippen LogP contribution is -1.97. The van der Waals surface area contributed by atoms with Gasteiger partial charge in [0, 0.05) is 11.3 Å². The molecule has 0 saturated carbocycles. The van der Waals surface area contributed by atoms with Crippen LogP contribution in [0.25, 0.3) is 0 Å². The van der Waals surface area contributed by atoms with Crippen LogP contribution in [0, 0.1) is 12.3 Å². The van der Waals surface area contributed by atoms with Gasteiger partial charge in [-0.15, -0.1) is 24.1 Å².